The van der Waals surface area contributed by atoms with Gasteiger partial charge in [-0.2, -0.15) is 0 Å². The van der Waals surface area contributed by atoms with Crippen molar-refractivity contribution in [3.8, 4) is 11.1 Å². The molecule has 0 N–H and O–H groups in total. The summed E-state index contributed by atoms with van der Waals surface area (Å²) in [4.78, 5) is 25.9. The number of ketones is 2. The monoisotopic (exact) mass is 372 g/mol. The third-order valence-electron chi connectivity index (χ3n) is 5.84. The first-order chi connectivity index (χ1) is 13.3. The van der Waals surface area contributed by atoms with E-state index in [1.807, 2.05) is 61.5 Å². The third-order valence-corrected chi connectivity index (χ3v) is 5.84. The van der Waals surface area contributed by atoms with Gasteiger partial charge in [0, 0.05) is 17.5 Å². The van der Waals surface area contributed by atoms with Crippen LogP contribution in [-0.4, -0.2) is 11.6 Å². The lowest BCUT2D eigenvalue weighted by atomic mass is 9.76. The predicted octanol–water partition coefficient (Wildman–Crippen LogP) is 5.82. The first kappa shape index (κ1) is 18.4. The van der Waals surface area contributed by atoms with Crippen molar-refractivity contribution in [1.82, 2.24) is 0 Å². The average molecular weight is 372 g/mol. The minimum Gasteiger partial charge on any atom is -0.472 e. The van der Waals surface area contributed by atoms with Crippen LogP contribution in [0.25, 0.3) is 11.1 Å². The van der Waals surface area contributed by atoms with Crippen LogP contribution >= 0.6 is 0 Å². The van der Waals surface area contributed by atoms with Crippen molar-refractivity contribution in [2.24, 2.45) is 5.41 Å². The van der Waals surface area contributed by atoms with Crippen molar-refractivity contribution in [2.45, 2.75) is 39.0 Å². The normalized spacial score (nSPS) is 21.0. The van der Waals surface area contributed by atoms with Crippen molar-refractivity contribution in [1.29, 1.82) is 0 Å². The number of hydrogen-bond donors (Lipinski definition) is 0. The summed E-state index contributed by atoms with van der Waals surface area (Å²) in [5.41, 5.74) is 3.21. The molecule has 1 fully saturated rings. The van der Waals surface area contributed by atoms with Gasteiger partial charge in [-0.1, -0.05) is 68.4 Å². The second kappa shape index (κ2) is 6.59. The molecule has 0 aliphatic heterocycles. The molecule has 0 amide bonds. The smallest absolute Gasteiger partial charge is 0.196 e. The maximum Gasteiger partial charge on any atom is 0.196 e. The minimum absolute atomic E-state index is 0.0687. The molecule has 1 aromatic heterocycles. The lowest BCUT2D eigenvalue weighted by Gasteiger charge is -2.24. The Kier molecular flexibility index (Phi) is 4.34. The Morgan fingerprint density at radius 2 is 1.54 bits per heavy atom. The highest BCUT2D eigenvalue weighted by Crippen LogP contribution is 2.49. The highest BCUT2D eigenvalue weighted by molar-refractivity contribution is 6.11. The summed E-state index contributed by atoms with van der Waals surface area (Å²) < 4.78 is 5.40. The second-order valence-electron chi connectivity index (χ2n) is 8.74. The van der Waals surface area contributed by atoms with E-state index in [0.717, 1.165) is 11.1 Å². The largest absolute Gasteiger partial charge is 0.472 e. The summed E-state index contributed by atoms with van der Waals surface area (Å²) in [5.74, 6) is 0.0643. The summed E-state index contributed by atoms with van der Waals surface area (Å²) in [5, 5.41) is 0. The van der Waals surface area contributed by atoms with E-state index in [1.54, 1.807) is 6.26 Å². The number of Topliss-reactive ketones (excluding diaryl/α,β-unsaturated/α-hetero) is 1. The number of furan rings is 1. The summed E-state index contributed by atoms with van der Waals surface area (Å²) in [7, 11) is 0. The molecule has 1 saturated carbocycles. The molecule has 0 bridgehead atoms. The van der Waals surface area contributed by atoms with Gasteiger partial charge in [-0.25, -0.2) is 0 Å². The molecule has 0 spiro atoms. The summed E-state index contributed by atoms with van der Waals surface area (Å²) in [6.07, 6.45) is 4.29. The van der Waals surface area contributed by atoms with E-state index < -0.39 is 5.41 Å². The van der Waals surface area contributed by atoms with Crippen molar-refractivity contribution in [2.75, 3.05) is 0 Å². The fourth-order valence-corrected chi connectivity index (χ4v) is 4.49. The SMILES string of the molecule is CC1(C)CC(=O)C(C)(c2cocc2C(=O)c2ccc(-c3ccccc3)cc2)C1. The zero-order valence-electron chi connectivity index (χ0n) is 16.5. The summed E-state index contributed by atoms with van der Waals surface area (Å²) in [6.45, 7) is 6.13. The molecule has 4 rings (SSSR count). The van der Waals surface area contributed by atoms with Crippen LogP contribution in [0.3, 0.4) is 0 Å². The average Bonchev–Trinajstić information content (AvgIpc) is 3.25. The Balaban J connectivity index is 1.66. The van der Waals surface area contributed by atoms with Crippen LogP contribution in [0.5, 0.6) is 0 Å². The molecule has 1 aliphatic carbocycles. The molecular weight excluding hydrogens is 348 g/mol. The van der Waals surface area contributed by atoms with Crippen LogP contribution < -0.4 is 0 Å². The molecule has 3 heteroatoms. The van der Waals surface area contributed by atoms with Crippen molar-refractivity contribution in [3.63, 3.8) is 0 Å². The van der Waals surface area contributed by atoms with Crippen LogP contribution in [-0.2, 0) is 10.2 Å². The van der Waals surface area contributed by atoms with Gasteiger partial charge in [0.1, 0.15) is 12.0 Å². The van der Waals surface area contributed by atoms with Gasteiger partial charge in [0.05, 0.1) is 17.2 Å². The van der Waals surface area contributed by atoms with E-state index in [0.29, 0.717) is 29.5 Å². The second-order valence-corrected chi connectivity index (χ2v) is 8.74. The van der Waals surface area contributed by atoms with E-state index in [9.17, 15) is 9.59 Å². The number of carbonyl (C=O) groups is 2. The van der Waals surface area contributed by atoms with Gasteiger partial charge in [-0.05, 0) is 29.9 Å². The van der Waals surface area contributed by atoms with Crippen molar-refractivity contribution < 1.29 is 14.0 Å². The molecule has 28 heavy (non-hydrogen) atoms. The third kappa shape index (κ3) is 3.11. The van der Waals surface area contributed by atoms with E-state index in [4.69, 9.17) is 4.42 Å². The van der Waals surface area contributed by atoms with Gasteiger partial charge < -0.3 is 4.42 Å². The highest BCUT2D eigenvalue weighted by Gasteiger charge is 2.50. The van der Waals surface area contributed by atoms with Crippen LogP contribution in [0.2, 0.25) is 0 Å². The van der Waals surface area contributed by atoms with Gasteiger partial charge in [0.25, 0.3) is 0 Å². The first-order valence-corrected chi connectivity index (χ1v) is 9.60. The van der Waals surface area contributed by atoms with Crippen molar-refractivity contribution >= 4 is 11.6 Å². The van der Waals surface area contributed by atoms with E-state index in [2.05, 4.69) is 13.8 Å². The van der Waals surface area contributed by atoms with Crippen LogP contribution in [0, 0.1) is 5.41 Å². The van der Waals surface area contributed by atoms with E-state index >= 15 is 0 Å². The van der Waals surface area contributed by atoms with E-state index in [-0.39, 0.29) is 17.0 Å². The molecule has 2 aromatic carbocycles. The molecule has 0 saturated heterocycles. The fourth-order valence-electron chi connectivity index (χ4n) is 4.49. The maximum atomic E-state index is 13.2. The Morgan fingerprint density at radius 1 is 0.893 bits per heavy atom. The van der Waals surface area contributed by atoms with E-state index in [1.165, 1.54) is 6.26 Å². The van der Waals surface area contributed by atoms with Gasteiger partial charge in [0.15, 0.2) is 5.78 Å². The maximum absolute atomic E-state index is 13.2. The number of benzene rings is 2. The number of hydrogen-bond acceptors (Lipinski definition) is 3. The number of carbonyl (C=O) groups excluding carboxylic acids is 2. The topological polar surface area (TPSA) is 47.3 Å². The van der Waals surface area contributed by atoms with Gasteiger partial charge in [-0.15, -0.1) is 0 Å². The molecule has 0 radical (unpaired) electrons. The first-order valence-electron chi connectivity index (χ1n) is 9.60. The van der Waals surface area contributed by atoms with Gasteiger partial charge >= 0.3 is 0 Å². The van der Waals surface area contributed by atoms with Crippen LogP contribution in [0.4, 0.5) is 0 Å². The van der Waals surface area contributed by atoms with Crippen LogP contribution in [0.1, 0.15) is 55.1 Å². The molecular formula is C25H24O3. The lowest BCUT2D eigenvalue weighted by molar-refractivity contribution is -0.121. The Morgan fingerprint density at radius 3 is 2.14 bits per heavy atom. The van der Waals surface area contributed by atoms with Crippen molar-refractivity contribution in [3.05, 3.63) is 83.8 Å². The van der Waals surface area contributed by atoms with Crippen LogP contribution in [0.15, 0.2) is 71.5 Å². The molecule has 1 aliphatic rings. The molecule has 1 atom stereocenters. The molecule has 142 valence electrons. The minimum atomic E-state index is -0.675. The Hall–Kier alpha value is -2.94. The summed E-state index contributed by atoms with van der Waals surface area (Å²) in [6, 6.07) is 17.6. The Labute approximate surface area is 165 Å². The van der Waals surface area contributed by atoms with Gasteiger partial charge in [0.2, 0.25) is 0 Å². The quantitative estimate of drug-likeness (QED) is 0.542. The molecule has 3 aromatic rings. The molecule has 3 nitrogen and oxygen atoms in total. The Bertz CT molecular complexity index is 1030. The zero-order valence-corrected chi connectivity index (χ0v) is 16.5. The highest BCUT2D eigenvalue weighted by atomic mass is 16.3. The summed E-state index contributed by atoms with van der Waals surface area (Å²) >= 11 is 0. The van der Waals surface area contributed by atoms with Gasteiger partial charge in [-0.3, -0.25) is 9.59 Å². The standard InChI is InChI=1S/C25H24O3/c1-24(2)13-22(26)25(3,16-24)21-15-28-14-20(21)23(27)19-11-9-18(10-12-19)17-7-5-4-6-8-17/h4-12,14-15H,13,16H2,1-3H3. The predicted molar refractivity (Wildman–Crippen MR) is 109 cm³/mol. The fraction of sp³-hybridized carbons (Fsp3) is 0.280. The molecule has 1 unspecified atom stereocenters. The molecule has 1 heterocycles. The number of rotatable bonds is 4. The zero-order chi connectivity index (χ0) is 19.9. The lowest BCUT2D eigenvalue weighted by Crippen LogP contribution is -2.28.